The van der Waals surface area contributed by atoms with E-state index >= 15 is 0 Å². The first-order valence-corrected chi connectivity index (χ1v) is 7.75. The Morgan fingerprint density at radius 2 is 2.12 bits per heavy atom. The largest absolute Gasteiger partial charge is 0.481 e. The lowest BCUT2D eigenvalue weighted by atomic mass is 9.99. The van der Waals surface area contributed by atoms with Gasteiger partial charge in [-0.05, 0) is 44.5 Å². The molecule has 2 rings (SSSR count). The van der Waals surface area contributed by atoms with Gasteiger partial charge >= 0.3 is 12.0 Å². The fraction of sp³-hybridized carbons (Fsp3) is 0.312. The topological polar surface area (TPSA) is 96.3 Å². The highest BCUT2D eigenvalue weighted by Gasteiger charge is 2.21. The van der Waals surface area contributed by atoms with Crippen molar-refractivity contribution in [3.63, 3.8) is 0 Å². The van der Waals surface area contributed by atoms with Crippen molar-refractivity contribution in [2.45, 2.75) is 32.2 Å². The SMILES string of the molecule is CC(C)(CCC(=O)O)NC(=O)Nc1ccc(-n2cccn2)c(Cl)c1. The second kappa shape index (κ2) is 7.35. The first-order valence-electron chi connectivity index (χ1n) is 7.37. The fourth-order valence-electron chi connectivity index (χ4n) is 2.13. The van der Waals surface area contributed by atoms with Gasteiger partial charge < -0.3 is 15.7 Å². The van der Waals surface area contributed by atoms with E-state index < -0.39 is 17.5 Å². The Bertz CT molecular complexity index is 729. The van der Waals surface area contributed by atoms with Crippen LogP contribution in [0.3, 0.4) is 0 Å². The van der Waals surface area contributed by atoms with Gasteiger partial charge in [-0.3, -0.25) is 4.79 Å². The number of carbonyl (C=O) groups excluding carboxylic acids is 1. The minimum Gasteiger partial charge on any atom is -0.481 e. The van der Waals surface area contributed by atoms with Gasteiger partial charge in [-0.25, -0.2) is 9.48 Å². The van der Waals surface area contributed by atoms with Crippen molar-refractivity contribution in [2.24, 2.45) is 0 Å². The van der Waals surface area contributed by atoms with E-state index in [4.69, 9.17) is 16.7 Å². The molecule has 2 amide bonds. The highest BCUT2D eigenvalue weighted by atomic mass is 35.5. The third-order valence-corrected chi connectivity index (χ3v) is 3.68. The van der Waals surface area contributed by atoms with Crippen LogP contribution in [0.4, 0.5) is 10.5 Å². The summed E-state index contributed by atoms with van der Waals surface area (Å²) in [6.45, 7) is 3.53. The lowest BCUT2D eigenvalue weighted by molar-refractivity contribution is -0.137. The third kappa shape index (κ3) is 4.99. The molecule has 0 unspecified atom stereocenters. The van der Waals surface area contributed by atoms with E-state index in [-0.39, 0.29) is 6.42 Å². The molecule has 0 radical (unpaired) electrons. The Hall–Kier alpha value is -2.54. The highest BCUT2D eigenvalue weighted by Crippen LogP contribution is 2.24. The van der Waals surface area contributed by atoms with Crippen LogP contribution in [-0.2, 0) is 4.79 Å². The van der Waals surface area contributed by atoms with E-state index in [1.165, 1.54) is 0 Å². The number of carboxylic acids is 1. The first kappa shape index (κ1) is 17.8. The molecule has 8 heteroatoms. The van der Waals surface area contributed by atoms with E-state index in [0.717, 1.165) is 0 Å². The maximum atomic E-state index is 12.1. The zero-order chi connectivity index (χ0) is 17.7. The van der Waals surface area contributed by atoms with Gasteiger partial charge in [0.1, 0.15) is 0 Å². The smallest absolute Gasteiger partial charge is 0.319 e. The van der Waals surface area contributed by atoms with Crippen LogP contribution in [0.1, 0.15) is 26.7 Å². The maximum absolute atomic E-state index is 12.1. The molecular weight excluding hydrogens is 332 g/mol. The number of carboxylic acid groups (broad SMARTS) is 1. The highest BCUT2D eigenvalue weighted by molar-refractivity contribution is 6.32. The van der Waals surface area contributed by atoms with Gasteiger partial charge in [0, 0.05) is 30.0 Å². The van der Waals surface area contributed by atoms with Crippen LogP contribution in [0.5, 0.6) is 0 Å². The summed E-state index contributed by atoms with van der Waals surface area (Å²) < 4.78 is 1.63. The van der Waals surface area contributed by atoms with Crippen LogP contribution < -0.4 is 10.6 Å². The molecule has 0 bridgehead atoms. The van der Waals surface area contributed by atoms with Crippen molar-refractivity contribution < 1.29 is 14.7 Å². The number of hydrogen-bond donors (Lipinski definition) is 3. The minimum atomic E-state index is -0.897. The van der Waals surface area contributed by atoms with Crippen LogP contribution in [-0.4, -0.2) is 32.4 Å². The molecule has 1 heterocycles. The number of rotatable bonds is 6. The Kier molecular flexibility index (Phi) is 5.46. The molecular formula is C16H19ClN4O3. The van der Waals surface area contributed by atoms with Gasteiger partial charge in [-0.1, -0.05) is 11.6 Å². The fourth-order valence-corrected chi connectivity index (χ4v) is 2.40. The molecule has 3 N–H and O–H groups in total. The normalized spacial score (nSPS) is 11.1. The van der Waals surface area contributed by atoms with Crippen molar-refractivity contribution in [3.8, 4) is 5.69 Å². The molecule has 24 heavy (non-hydrogen) atoms. The van der Waals surface area contributed by atoms with Gasteiger partial charge in [0.05, 0.1) is 10.7 Å². The number of aliphatic carboxylic acids is 1. The lowest BCUT2D eigenvalue weighted by Gasteiger charge is -2.25. The van der Waals surface area contributed by atoms with E-state index in [9.17, 15) is 9.59 Å². The summed E-state index contributed by atoms with van der Waals surface area (Å²) in [6, 6.07) is 6.46. The van der Waals surface area contributed by atoms with Gasteiger partial charge in [-0.2, -0.15) is 5.10 Å². The lowest BCUT2D eigenvalue weighted by Crippen LogP contribution is -2.45. The summed E-state index contributed by atoms with van der Waals surface area (Å²) in [7, 11) is 0. The molecule has 0 fully saturated rings. The van der Waals surface area contributed by atoms with Crippen LogP contribution >= 0.6 is 11.6 Å². The third-order valence-electron chi connectivity index (χ3n) is 3.37. The number of urea groups is 1. The Morgan fingerprint density at radius 3 is 2.71 bits per heavy atom. The molecule has 2 aromatic rings. The molecule has 0 saturated heterocycles. The molecule has 0 aliphatic heterocycles. The molecule has 128 valence electrons. The van der Waals surface area contributed by atoms with Crippen molar-refractivity contribution in [1.29, 1.82) is 0 Å². The quantitative estimate of drug-likeness (QED) is 0.744. The zero-order valence-electron chi connectivity index (χ0n) is 13.4. The average molecular weight is 351 g/mol. The minimum absolute atomic E-state index is 0.0162. The molecule has 1 aromatic heterocycles. The predicted octanol–water partition coefficient (Wildman–Crippen LogP) is 3.29. The van der Waals surface area contributed by atoms with Crippen LogP contribution in [0.25, 0.3) is 5.69 Å². The molecule has 7 nitrogen and oxygen atoms in total. The average Bonchev–Trinajstić information content (AvgIpc) is 2.98. The summed E-state index contributed by atoms with van der Waals surface area (Å²) in [5.74, 6) is -0.897. The summed E-state index contributed by atoms with van der Waals surface area (Å²) in [4.78, 5) is 22.7. The number of halogens is 1. The number of anilines is 1. The number of nitrogens with one attached hydrogen (secondary N) is 2. The van der Waals surface area contributed by atoms with Crippen molar-refractivity contribution in [1.82, 2.24) is 15.1 Å². The predicted molar refractivity (Wildman–Crippen MR) is 91.7 cm³/mol. The Morgan fingerprint density at radius 1 is 1.38 bits per heavy atom. The molecule has 0 aliphatic rings. The van der Waals surface area contributed by atoms with Gasteiger partial charge in [-0.15, -0.1) is 0 Å². The molecule has 0 spiro atoms. The summed E-state index contributed by atoms with van der Waals surface area (Å²) >= 11 is 6.22. The van der Waals surface area contributed by atoms with Crippen LogP contribution in [0.2, 0.25) is 5.02 Å². The summed E-state index contributed by atoms with van der Waals surface area (Å²) in [5, 5.41) is 18.7. The number of nitrogens with zero attached hydrogens (tertiary/aromatic N) is 2. The van der Waals surface area contributed by atoms with E-state index in [1.54, 1.807) is 55.2 Å². The monoisotopic (exact) mass is 350 g/mol. The number of hydrogen-bond acceptors (Lipinski definition) is 3. The van der Waals surface area contributed by atoms with E-state index in [1.807, 2.05) is 0 Å². The maximum Gasteiger partial charge on any atom is 0.319 e. The Labute approximate surface area is 144 Å². The molecule has 1 aromatic carbocycles. The Balaban J connectivity index is 1.99. The molecule has 0 atom stereocenters. The van der Waals surface area contributed by atoms with Crippen molar-refractivity contribution in [3.05, 3.63) is 41.7 Å². The van der Waals surface area contributed by atoms with E-state index in [0.29, 0.717) is 22.8 Å². The first-order chi connectivity index (χ1) is 11.3. The number of aromatic nitrogens is 2. The van der Waals surface area contributed by atoms with Gasteiger partial charge in [0.25, 0.3) is 0 Å². The second-order valence-electron chi connectivity index (χ2n) is 5.97. The summed E-state index contributed by atoms with van der Waals surface area (Å²) in [5.41, 5.74) is 0.596. The molecule has 0 saturated carbocycles. The number of carbonyl (C=O) groups is 2. The van der Waals surface area contributed by atoms with Crippen LogP contribution in [0, 0.1) is 0 Å². The van der Waals surface area contributed by atoms with Gasteiger partial charge in [0.2, 0.25) is 0 Å². The van der Waals surface area contributed by atoms with E-state index in [2.05, 4.69) is 15.7 Å². The second-order valence-corrected chi connectivity index (χ2v) is 6.38. The zero-order valence-corrected chi connectivity index (χ0v) is 14.2. The number of benzene rings is 1. The van der Waals surface area contributed by atoms with Crippen molar-refractivity contribution in [2.75, 3.05) is 5.32 Å². The number of amides is 2. The molecule has 0 aliphatic carbocycles. The standard InChI is InChI=1S/C16H19ClN4O3/c1-16(2,7-6-14(22)23)20-15(24)19-11-4-5-13(12(17)10-11)21-9-3-8-18-21/h3-5,8-10H,6-7H2,1-2H3,(H,22,23)(H2,19,20,24). The van der Waals surface area contributed by atoms with Crippen molar-refractivity contribution >= 4 is 29.3 Å². The van der Waals surface area contributed by atoms with Gasteiger partial charge in [0.15, 0.2) is 0 Å². The summed E-state index contributed by atoms with van der Waals surface area (Å²) in [6.07, 6.45) is 3.73. The van der Waals surface area contributed by atoms with Crippen LogP contribution in [0.15, 0.2) is 36.7 Å².